The molecule has 0 saturated carbocycles. The van der Waals surface area contributed by atoms with Crippen molar-refractivity contribution in [3.05, 3.63) is 24.3 Å². The lowest BCUT2D eigenvalue weighted by molar-refractivity contribution is -0.117. The summed E-state index contributed by atoms with van der Waals surface area (Å²) < 4.78 is 0. The van der Waals surface area contributed by atoms with Gasteiger partial charge in [-0.15, -0.1) is 12.4 Å². The molecule has 0 aromatic heterocycles. The molecule has 2 fully saturated rings. The Morgan fingerprint density at radius 1 is 1.40 bits per heavy atom. The lowest BCUT2D eigenvalue weighted by Crippen LogP contribution is -2.34. The van der Waals surface area contributed by atoms with Crippen LogP contribution < -0.4 is 20.9 Å². The summed E-state index contributed by atoms with van der Waals surface area (Å²) in [5.41, 5.74) is 1.55. The summed E-state index contributed by atoms with van der Waals surface area (Å²) in [4.78, 5) is 25.8. The Kier molecular flexibility index (Phi) is 7.08. The topological polar surface area (TPSA) is 73.5 Å². The van der Waals surface area contributed by atoms with Gasteiger partial charge in [-0.3, -0.25) is 9.69 Å². The van der Waals surface area contributed by atoms with E-state index in [9.17, 15) is 9.59 Å². The molecule has 3 rings (SSSR count). The minimum Gasteiger partial charge on any atom is -0.336 e. The van der Waals surface area contributed by atoms with Crippen LogP contribution >= 0.6 is 12.4 Å². The van der Waals surface area contributed by atoms with Crippen molar-refractivity contribution in [2.75, 3.05) is 36.4 Å². The van der Waals surface area contributed by atoms with Gasteiger partial charge in [-0.25, -0.2) is 4.79 Å². The third-order valence-electron chi connectivity index (χ3n) is 4.95. The number of carbonyl (C=O) groups is 2. The van der Waals surface area contributed by atoms with E-state index in [1.807, 2.05) is 24.3 Å². The second kappa shape index (κ2) is 9.06. The van der Waals surface area contributed by atoms with Gasteiger partial charge in [0.1, 0.15) is 0 Å². The molecular weight excluding hydrogens is 340 g/mol. The average molecular weight is 367 g/mol. The summed E-state index contributed by atoms with van der Waals surface area (Å²) in [6.45, 7) is 5.56. The van der Waals surface area contributed by atoms with Crippen LogP contribution in [-0.4, -0.2) is 38.1 Å². The molecule has 25 heavy (non-hydrogen) atoms. The lowest BCUT2D eigenvalue weighted by atomic mass is 9.85. The predicted octanol–water partition coefficient (Wildman–Crippen LogP) is 2.60. The minimum absolute atomic E-state index is 0. The van der Waals surface area contributed by atoms with Crippen molar-refractivity contribution in [3.63, 3.8) is 0 Å². The molecule has 2 aliphatic rings. The number of nitrogens with zero attached hydrogens (tertiary/aromatic N) is 1. The van der Waals surface area contributed by atoms with Crippen LogP contribution in [0.2, 0.25) is 0 Å². The van der Waals surface area contributed by atoms with Crippen molar-refractivity contribution >= 4 is 35.7 Å². The van der Waals surface area contributed by atoms with Gasteiger partial charge in [0.15, 0.2) is 0 Å². The first-order valence-electron chi connectivity index (χ1n) is 8.79. The second-order valence-electron chi connectivity index (χ2n) is 6.77. The van der Waals surface area contributed by atoms with Crippen LogP contribution in [0.5, 0.6) is 0 Å². The first kappa shape index (κ1) is 19.5. The van der Waals surface area contributed by atoms with Gasteiger partial charge in [0.2, 0.25) is 5.91 Å². The highest BCUT2D eigenvalue weighted by Gasteiger charge is 2.23. The molecule has 2 aliphatic heterocycles. The molecule has 0 radical (unpaired) electrons. The van der Waals surface area contributed by atoms with E-state index < -0.39 is 0 Å². The van der Waals surface area contributed by atoms with E-state index in [2.05, 4.69) is 22.9 Å². The molecule has 2 saturated heterocycles. The second-order valence-corrected chi connectivity index (χ2v) is 6.77. The van der Waals surface area contributed by atoms with Gasteiger partial charge in [0, 0.05) is 30.9 Å². The SMILES string of the molecule is CC(CC(=O)Nc1cccc(N2CCNC2=O)c1)C1CCCNC1.Cl. The summed E-state index contributed by atoms with van der Waals surface area (Å²) in [7, 11) is 0. The van der Waals surface area contributed by atoms with Crippen LogP contribution in [0, 0.1) is 11.8 Å². The standard InChI is InChI=1S/C18H26N4O2.ClH/c1-13(14-4-3-7-19-12-14)10-17(23)21-15-5-2-6-16(11-15)22-9-8-20-18(22)24;/h2,5-6,11,13-14,19H,3-4,7-10,12H2,1H3,(H,20,24)(H,21,23);1H. The van der Waals surface area contributed by atoms with Crippen molar-refractivity contribution in [3.8, 4) is 0 Å². The molecule has 2 atom stereocenters. The highest BCUT2D eigenvalue weighted by atomic mass is 35.5. The van der Waals surface area contributed by atoms with Crippen molar-refractivity contribution in [1.29, 1.82) is 0 Å². The number of hydrogen-bond donors (Lipinski definition) is 3. The normalized spacial score (nSPS) is 21.2. The number of rotatable bonds is 5. The van der Waals surface area contributed by atoms with E-state index >= 15 is 0 Å². The minimum atomic E-state index is -0.0862. The summed E-state index contributed by atoms with van der Waals surface area (Å²) in [5.74, 6) is 0.977. The number of amides is 3. The zero-order chi connectivity index (χ0) is 16.9. The Balaban J connectivity index is 0.00000225. The quantitative estimate of drug-likeness (QED) is 0.750. The number of nitrogens with one attached hydrogen (secondary N) is 3. The Bertz CT molecular complexity index is 604. The van der Waals surface area contributed by atoms with Crippen LogP contribution in [0.1, 0.15) is 26.2 Å². The Morgan fingerprint density at radius 2 is 2.24 bits per heavy atom. The third-order valence-corrected chi connectivity index (χ3v) is 4.95. The van der Waals surface area contributed by atoms with Gasteiger partial charge in [-0.1, -0.05) is 13.0 Å². The first-order valence-corrected chi connectivity index (χ1v) is 8.79. The van der Waals surface area contributed by atoms with Gasteiger partial charge in [-0.05, 0) is 56.0 Å². The largest absolute Gasteiger partial charge is 0.336 e. The van der Waals surface area contributed by atoms with Gasteiger partial charge >= 0.3 is 6.03 Å². The smallest absolute Gasteiger partial charge is 0.321 e. The van der Waals surface area contributed by atoms with Gasteiger partial charge in [0.25, 0.3) is 0 Å². The Hall–Kier alpha value is -1.79. The first-order chi connectivity index (χ1) is 11.6. The van der Waals surface area contributed by atoms with E-state index in [0.29, 0.717) is 31.3 Å². The van der Waals surface area contributed by atoms with Crippen molar-refractivity contribution in [1.82, 2.24) is 10.6 Å². The lowest BCUT2D eigenvalue weighted by Gasteiger charge is -2.28. The van der Waals surface area contributed by atoms with Crippen LogP contribution in [-0.2, 0) is 4.79 Å². The number of urea groups is 1. The number of carbonyl (C=O) groups excluding carboxylic acids is 2. The van der Waals surface area contributed by atoms with E-state index in [4.69, 9.17) is 0 Å². The number of hydrogen-bond acceptors (Lipinski definition) is 3. The molecule has 0 spiro atoms. The van der Waals surface area contributed by atoms with E-state index in [1.165, 1.54) is 12.8 Å². The molecule has 3 N–H and O–H groups in total. The molecule has 0 bridgehead atoms. The zero-order valence-corrected chi connectivity index (χ0v) is 15.4. The molecule has 138 valence electrons. The van der Waals surface area contributed by atoms with E-state index in [-0.39, 0.29) is 24.3 Å². The maximum absolute atomic E-state index is 12.3. The molecule has 2 heterocycles. The number of benzene rings is 1. The fraction of sp³-hybridized carbons (Fsp3) is 0.556. The zero-order valence-electron chi connectivity index (χ0n) is 14.6. The van der Waals surface area contributed by atoms with Crippen LogP contribution in [0.25, 0.3) is 0 Å². The average Bonchev–Trinajstić information content (AvgIpc) is 3.02. The van der Waals surface area contributed by atoms with Crippen LogP contribution in [0.4, 0.5) is 16.2 Å². The van der Waals surface area contributed by atoms with Crippen LogP contribution in [0.15, 0.2) is 24.3 Å². The number of piperidine rings is 1. The summed E-state index contributed by atoms with van der Waals surface area (Å²) >= 11 is 0. The fourth-order valence-electron chi connectivity index (χ4n) is 3.51. The van der Waals surface area contributed by atoms with Crippen molar-refractivity contribution in [2.24, 2.45) is 11.8 Å². The third kappa shape index (κ3) is 5.09. The van der Waals surface area contributed by atoms with Gasteiger partial charge in [-0.2, -0.15) is 0 Å². The van der Waals surface area contributed by atoms with E-state index in [1.54, 1.807) is 4.90 Å². The van der Waals surface area contributed by atoms with Gasteiger partial charge < -0.3 is 16.0 Å². The molecule has 3 amide bonds. The van der Waals surface area contributed by atoms with Crippen molar-refractivity contribution in [2.45, 2.75) is 26.2 Å². The molecule has 0 aliphatic carbocycles. The predicted molar refractivity (Wildman–Crippen MR) is 102 cm³/mol. The molecule has 7 heteroatoms. The summed E-state index contributed by atoms with van der Waals surface area (Å²) in [6.07, 6.45) is 2.92. The fourth-order valence-corrected chi connectivity index (χ4v) is 3.51. The molecule has 2 unspecified atom stereocenters. The van der Waals surface area contributed by atoms with E-state index in [0.717, 1.165) is 24.5 Å². The van der Waals surface area contributed by atoms with Crippen LogP contribution in [0.3, 0.4) is 0 Å². The highest BCUT2D eigenvalue weighted by molar-refractivity contribution is 5.96. The highest BCUT2D eigenvalue weighted by Crippen LogP contribution is 2.24. The molecule has 1 aromatic rings. The molecule has 1 aromatic carbocycles. The van der Waals surface area contributed by atoms with Crippen molar-refractivity contribution < 1.29 is 9.59 Å². The number of halogens is 1. The maximum atomic E-state index is 12.3. The molecule has 6 nitrogen and oxygen atoms in total. The molecular formula is C18H27ClN4O2. The maximum Gasteiger partial charge on any atom is 0.321 e. The number of anilines is 2. The van der Waals surface area contributed by atoms with Gasteiger partial charge in [0.05, 0.1) is 0 Å². The summed E-state index contributed by atoms with van der Waals surface area (Å²) in [6, 6.07) is 7.39. The Labute approximate surface area is 155 Å². The monoisotopic (exact) mass is 366 g/mol. The summed E-state index contributed by atoms with van der Waals surface area (Å²) in [5, 5.41) is 9.16. The Morgan fingerprint density at radius 3 is 2.92 bits per heavy atom.